The van der Waals surface area contributed by atoms with Crippen molar-refractivity contribution < 1.29 is 0 Å². The number of benzene rings is 1. The van der Waals surface area contributed by atoms with E-state index in [1.54, 1.807) is 0 Å². The molecule has 0 fully saturated rings. The van der Waals surface area contributed by atoms with Gasteiger partial charge >= 0.3 is 0 Å². The Morgan fingerprint density at radius 3 is 2.76 bits per heavy atom. The van der Waals surface area contributed by atoms with Crippen molar-refractivity contribution in [3.05, 3.63) is 71.6 Å². The van der Waals surface area contributed by atoms with Crippen LogP contribution in [0.25, 0.3) is 5.57 Å². The lowest BCUT2D eigenvalue weighted by Gasteiger charge is -2.30. The maximum absolute atomic E-state index is 4.45. The van der Waals surface area contributed by atoms with Gasteiger partial charge in [0.25, 0.3) is 0 Å². The number of nitrogens with one attached hydrogen (secondary N) is 1. The number of aliphatic imine (C=N–C) groups is 1. The molecule has 3 rings (SSSR count). The Labute approximate surface area is 150 Å². The monoisotopic (exact) mass is 334 g/mol. The summed E-state index contributed by atoms with van der Waals surface area (Å²) in [5, 5.41) is 3.50. The van der Waals surface area contributed by atoms with E-state index >= 15 is 0 Å². The molecule has 1 N–H and O–H groups in total. The summed E-state index contributed by atoms with van der Waals surface area (Å²) >= 11 is 0. The Hall–Kier alpha value is -2.62. The van der Waals surface area contributed by atoms with Crippen molar-refractivity contribution in [2.45, 2.75) is 19.8 Å². The third-order valence-corrected chi connectivity index (χ3v) is 4.68. The maximum Gasteiger partial charge on any atom is 0.193 e. The van der Waals surface area contributed by atoms with E-state index in [0.29, 0.717) is 0 Å². The van der Waals surface area contributed by atoms with Gasteiger partial charge in [0.2, 0.25) is 0 Å². The van der Waals surface area contributed by atoms with E-state index in [4.69, 9.17) is 0 Å². The van der Waals surface area contributed by atoms with Crippen molar-refractivity contribution in [3.63, 3.8) is 0 Å². The lowest BCUT2D eigenvalue weighted by Crippen LogP contribution is -2.44. The Morgan fingerprint density at radius 2 is 2.08 bits per heavy atom. The molecule has 0 unspecified atom stereocenters. The summed E-state index contributed by atoms with van der Waals surface area (Å²) in [4.78, 5) is 10.9. The fourth-order valence-corrected chi connectivity index (χ4v) is 3.20. The molecule has 0 amide bonds. The van der Waals surface area contributed by atoms with Gasteiger partial charge in [-0.15, -0.1) is 0 Å². The van der Waals surface area contributed by atoms with Crippen molar-refractivity contribution in [2.24, 2.45) is 4.99 Å². The third kappa shape index (κ3) is 4.47. The fraction of sp³-hybridized carbons (Fsp3) is 0.333. The summed E-state index contributed by atoms with van der Waals surface area (Å²) < 4.78 is 0. The number of aromatic nitrogens is 1. The quantitative estimate of drug-likeness (QED) is 0.689. The average Bonchev–Trinajstić information content (AvgIpc) is 2.67. The number of hydrogen-bond donors (Lipinski definition) is 1. The highest BCUT2D eigenvalue weighted by molar-refractivity contribution is 5.81. The fourth-order valence-electron chi connectivity index (χ4n) is 3.20. The molecule has 1 aliphatic heterocycles. The van der Waals surface area contributed by atoms with Crippen molar-refractivity contribution in [3.8, 4) is 0 Å². The molecule has 4 heteroatoms. The molecule has 130 valence electrons. The van der Waals surface area contributed by atoms with E-state index in [1.807, 2.05) is 19.4 Å². The Morgan fingerprint density at radius 1 is 1.24 bits per heavy atom. The minimum absolute atomic E-state index is 0.878. The smallest absolute Gasteiger partial charge is 0.193 e. The second-order valence-electron chi connectivity index (χ2n) is 6.32. The van der Waals surface area contributed by atoms with Crippen molar-refractivity contribution in [1.82, 2.24) is 15.2 Å². The first-order valence-electron chi connectivity index (χ1n) is 8.87. The molecule has 2 heterocycles. The van der Waals surface area contributed by atoms with Crippen molar-refractivity contribution >= 4 is 11.5 Å². The van der Waals surface area contributed by atoms with Crippen LogP contribution in [0.5, 0.6) is 0 Å². The van der Waals surface area contributed by atoms with Crippen LogP contribution in [0.3, 0.4) is 0 Å². The van der Waals surface area contributed by atoms with Gasteiger partial charge in [0.05, 0.1) is 0 Å². The summed E-state index contributed by atoms with van der Waals surface area (Å²) in [6, 6.07) is 12.7. The molecule has 1 aliphatic rings. The highest BCUT2D eigenvalue weighted by Crippen LogP contribution is 2.21. The number of aryl methyl sites for hydroxylation is 1. The predicted octanol–water partition coefficient (Wildman–Crippen LogP) is 3.30. The summed E-state index contributed by atoms with van der Waals surface area (Å²) in [5.74, 6) is 0.982. The van der Waals surface area contributed by atoms with Crippen LogP contribution in [-0.2, 0) is 6.42 Å². The van der Waals surface area contributed by atoms with Crippen LogP contribution in [0.1, 0.15) is 23.1 Å². The van der Waals surface area contributed by atoms with Crippen LogP contribution in [0.15, 0.2) is 59.9 Å². The molecule has 0 saturated carbocycles. The molecule has 25 heavy (non-hydrogen) atoms. The molecule has 0 saturated heterocycles. The zero-order chi connectivity index (χ0) is 17.5. The first kappa shape index (κ1) is 17.2. The van der Waals surface area contributed by atoms with Crippen LogP contribution >= 0.6 is 0 Å². The van der Waals surface area contributed by atoms with E-state index in [0.717, 1.165) is 38.4 Å². The minimum Gasteiger partial charge on any atom is -0.356 e. The first-order valence-corrected chi connectivity index (χ1v) is 8.87. The van der Waals surface area contributed by atoms with Gasteiger partial charge in [-0.2, -0.15) is 0 Å². The minimum atomic E-state index is 0.878. The summed E-state index contributed by atoms with van der Waals surface area (Å²) in [7, 11) is 1.86. The summed E-state index contributed by atoms with van der Waals surface area (Å²) in [6.45, 7) is 4.88. The Balaban J connectivity index is 1.54. The number of rotatable bonds is 4. The van der Waals surface area contributed by atoms with Crippen LogP contribution in [0.4, 0.5) is 0 Å². The normalized spacial score (nSPS) is 15.0. The number of pyridine rings is 1. The van der Waals surface area contributed by atoms with E-state index in [-0.39, 0.29) is 0 Å². The molecule has 1 aromatic heterocycles. The molecule has 0 aliphatic carbocycles. The van der Waals surface area contributed by atoms with E-state index in [2.05, 4.69) is 69.6 Å². The summed E-state index contributed by atoms with van der Waals surface area (Å²) in [6.07, 6.45) is 8.13. The van der Waals surface area contributed by atoms with Gasteiger partial charge < -0.3 is 10.2 Å². The lowest BCUT2D eigenvalue weighted by atomic mass is 10.00. The molecule has 4 nitrogen and oxygen atoms in total. The highest BCUT2D eigenvalue weighted by Gasteiger charge is 2.15. The van der Waals surface area contributed by atoms with E-state index < -0.39 is 0 Å². The predicted molar refractivity (Wildman–Crippen MR) is 105 cm³/mol. The van der Waals surface area contributed by atoms with Gasteiger partial charge in [0.1, 0.15) is 0 Å². The molecule has 1 aromatic carbocycles. The zero-order valence-electron chi connectivity index (χ0n) is 15.1. The van der Waals surface area contributed by atoms with Gasteiger partial charge in [-0.25, -0.2) is 0 Å². The van der Waals surface area contributed by atoms with Gasteiger partial charge in [0, 0.05) is 39.1 Å². The first-order chi connectivity index (χ1) is 12.3. The number of guanidine groups is 1. The van der Waals surface area contributed by atoms with Gasteiger partial charge in [0.15, 0.2) is 5.96 Å². The zero-order valence-corrected chi connectivity index (χ0v) is 15.1. The molecular weight excluding hydrogens is 308 g/mol. The number of nitrogens with zero attached hydrogens (tertiary/aromatic N) is 3. The molecular formula is C21H26N4. The van der Waals surface area contributed by atoms with Crippen LogP contribution in [0.2, 0.25) is 0 Å². The van der Waals surface area contributed by atoms with Crippen molar-refractivity contribution in [2.75, 3.05) is 26.7 Å². The topological polar surface area (TPSA) is 40.5 Å². The molecule has 2 aromatic rings. The second kappa shape index (κ2) is 8.47. The molecule has 0 spiro atoms. The number of hydrogen-bond acceptors (Lipinski definition) is 2. The van der Waals surface area contributed by atoms with Crippen LogP contribution < -0.4 is 5.32 Å². The average molecular weight is 334 g/mol. The Kier molecular flexibility index (Phi) is 5.83. The molecule has 0 bridgehead atoms. The highest BCUT2D eigenvalue weighted by atomic mass is 15.3. The standard InChI is InChI=1S/C21H26N4/c1-17-16-23-12-8-18(17)9-13-24-21(22-2)25-14-10-20(11-15-25)19-6-4-3-5-7-19/h3-8,10,12,16H,9,11,13-15H2,1-2H3,(H,22,24). The summed E-state index contributed by atoms with van der Waals surface area (Å²) in [5.41, 5.74) is 5.34. The van der Waals surface area contributed by atoms with Crippen LogP contribution in [-0.4, -0.2) is 42.5 Å². The van der Waals surface area contributed by atoms with Gasteiger partial charge in [-0.3, -0.25) is 9.98 Å². The second-order valence-corrected chi connectivity index (χ2v) is 6.32. The lowest BCUT2D eigenvalue weighted by molar-refractivity contribution is 0.440. The van der Waals surface area contributed by atoms with E-state index in [9.17, 15) is 0 Å². The SMILES string of the molecule is CN=C(NCCc1ccncc1C)N1CC=C(c2ccccc2)CC1. The van der Waals surface area contributed by atoms with E-state index in [1.165, 1.54) is 22.3 Å². The third-order valence-electron chi connectivity index (χ3n) is 4.68. The van der Waals surface area contributed by atoms with Gasteiger partial charge in [-0.05, 0) is 48.1 Å². The largest absolute Gasteiger partial charge is 0.356 e. The molecule has 0 atom stereocenters. The molecule has 0 radical (unpaired) electrons. The Bertz CT molecular complexity index is 750. The van der Waals surface area contributed by atoms with Gasteiger partial charge in [-0.1, -0.05) is 36.4 Å². The maximum atomic E-state index is 4.45. The van der Waals surface area contributed by atoms with Crippen molar-refractivity contribution in [1.29, 1.82) is 0 Å². The van der Waals surface area contributed by atoms with Crippen LogP contribution in [0, 0.1) is 6.92 Å².